The highest BCUT2D eigenvalue weighted by Crippen LogP contribution is 2.51. The second-order valence-electron chi connectivity index (χ2n) is 21.5. The van der Waals surface area contributed by atoms with E-state index in [1.54, 1.807) is 0 Å². The van der Waals surface area contributed by atoms with Crippen LogP contribution in [-0.2, 0) is 0 Å². The molecular weight excluding hydrogens is 994 g/mol. The van der Waals surface area contributed by atoms with Crippen molar-refractivity contribution in [1.82, 2.24) is 19.4 Å². The van der Waals surface area contributed by atoms with Gasteiger partial charge in [0.1, 0.15) is 0 Å². The Labute approximate surface area is 476 Å². The molecule has 382 valence electrons. The van der Waals surface area contributed by atoms with Crippen LogP contribution in [0.3, 0.4) is 0 Å². The second kappa shape index (κ2) is 19.3. The van der Waals surface area contributed by atoms with Gasteiger partial charge in [-0.2, -0.15) is 0 Å². The fraction of sp³-hybridized carbons (Fsp3) is 0.0132. The predicted octanol–water partition coefficient (Wildman–Crippen LogP) is 18.0. The van der Waals surface area contributed by atoms with Gasteiger partial charge in [-0.05, 0) is 145 Å². The molecule has 0 bridgehead atoms. The summed E-state index contributed by atoms with van der Waals surface area (Å²) in [6.07, 6.45) is 0. The number of anilines is 3. The van der Waals surface area contributed by atoms with Crippen LogP contribution in [0.25, 0.3) is 123 Å². The third-order valence-electron chi connectivity index (χ3n) is 16.8. The van der Waals surface area contributed by atoms with E-state index < -0.39 is 0 Å². The summed E-state index contributed by atoms with van der Waals surface area (Å²) in [5.74, 6) is 1.88. The molecule has 0 unspecified atom stereocenters. The SMILES string of the molecule is Cc1c(-c2cccc(-c3nc(-c4ccccc4)nc(-c4ccccc4)n3)c2)cc2c3c1-c1cc(-c4ccccc4)cc4c5cc(-c6ccccc6)ccc5n(c14)B3c1ccccc1N2c1cc(-c2ccccc2)cc(-c2ccccc2)c1. The highest BCUT2D eigenvalue weighted by molar-refractivity contribution is 6.90. The van der Waals surface area contributed by atoms with Gasteiger partial charge in [0.25, 0.3) is 0 Å². The first-order valence-corrected chi connectivity index (χ1v) is 28.1. The van der Waals surface area contributed by atoms with Crippen molar-refractivity contribution in [2.45, 2.75) is 6.92 Å². The summed E-state index contributed by atoms with van der Waals surface area (Å²) in [7, 11) is 0. The fourth-order valence-corrected chi connectivity index (χ4v) is 13.0. The average molecular weight is 1040 g/mol. The van der Waals surface area contributed by atoms with Crippen LogP contribution in [0, 0.1) is 6.92 Å². The van der Waals surface area contributed by atoms with E-state index in [1.165, 1.54) is 71.7 Å². The average Bonchev–Trinajstić information content (AvgIpc) is 3.09. The molecule has 82 heavy (non-hydrogen) atoms. The minimum absolute atomic E-state index is 0.155. The topological polar surface area (TPSA) is 46.8 Å². The van der Waals surface area contributed by atoms with Crippen LogP contribution in [-0.4, -0.2) is 26.3 Å². The molecule has 2 aliphatic rings. The first kappa shape index (κ1) is 47.3. The van der Waals surface area contributed by atoms with Crippen LogP contribution in [0.15, 0.2) is 285 Å². The van der Waals surface area contributed by atoms with E-state index in [1.807, 2.05) is 36.4 Å². The minimum Gasteiger partial charge on any atom is -0.375 e. The summed E-state index contributed by atoms with van der Waals surface area (Å²) in [6, 6.07) is 103. The lowest BCUT2D eigenvalue weighted by Gasteiger charge is -2.42. The lowest BCUT2D eigenvalue weighted by atomic mass is 9.44. The van der Waals surface area contributed by atoms with E-state index in [0.29, 0.717) is 17.5 Å². The van der Waals surface area contributed by atoms with Crippen molar-refractivity contribution < 1.29 is 0 Å². The van der Waals surface area contributed by atoms with E-state index in [0.717, 1.165) is 67.1 Å². The Balaban J connectivity index is 1.00. The maximum Gasteiger partial charge on any atom is 0.333 e. The van der Waals surface area contributed by atoms with Crippen LogP contribution in [0.5, 0.6) is 0 Å². The smallest absolute Gasteiger partial charge is 0.333 e. The minimum atomic E-state index is -0.155. The lowest BCUT2D eigenvalue weighted by Crippen LogP contribution is -2.56. The zero-order valence-corrected chi connectivity index (χ0v) is 44.9. The van der Waals surface area contributed by atoms with Gasteiger partial charge in [0.2, 0.25) is 0 Å². The highest BCUT2D eigenvalue weighted by Gasteiger charge is 2.44. The Hall–Kier alpha value is -10.7. The number of aromatic nitrogens is 4. The van der Waals surface area contributed by atoms with E-state index in [2.05, 4.69) is 265 Å². The molecule has 2 aliphatic heterocycles. The monoisotopic (exact) mass is 1040 g/mol. The van der Waals surface area contributed by atoms with Gasteiger partial charge in [0, 0.05) is 61.1 Å². The molecule has 0 radical (unpaired) electrons. The summed E-state index contributed by atoms with van der Waals surface area (Å²) in [6.45, 7) is 2.19. The highest BCUT2D eigenvalue weighted by atomic mass is 15.2. The zero-order valence-electron chi connectivity index (χ0n) is 44.9. The van der Waals surface area contributed by atoms with Gasteiger partial charge in [-0.15, -0.1) is 0 Å². The summed E-state index contributed by atoms with van der Waals surface area (Å²) >= 11 is 0. The number of rotatable bonds is 9. The van der Waals surface area contributed by atoms with E-state index in [4.69, 9.17) is 15.0 Å². The molecule has 0 saturated heterocycles. The zero-order chi connectivity index (χ0) is 54.3. The number of hydrogen-bond donors (Lipinski definition) is 0. The molecule has 0 atom stereocenters. The molecule has 4 heterocycles. The second-order valence-corrected chi connectivity index (χ2v) is 21.5. The van der Waals surface area contributed by atoms with Crippen molar-refractivity contribution in [3.05, 3.63) is 291 Å². The molecule has 0 saturated carbocycles. The van der Waals surface area contributed by atoms with Gasteiger partial charge in [-0.25, -0.2) is 15.0 Å². The van der Waals surface area contributed by atoms with Crippen LogP contribution in [0.4, 0.5) is 17.1 Å². The molecule has 14 aromatic rings. The number of nitrogens with zero attached hydrogens (tertiary/aromatic N) is 5. The molecule has 5 nitrogen and oxygen atoms in total. The van der Waals surface area contributed by atoms with Crippen molar-refractivity contribution in [3.63, 3.8) is 0 Å². The first-order chi connectivity index (χ1) is 40.6. The Morgan fingerprint density at radius 3 is 1.34 bits per heavy atom. The molecule has 6 heteroatoms. The van der Waals surface area contributed by atoms with Crippen LogP contribution in [0.1, 0.15) is 5.56 Å². The molecule has 0 amide bonds. The maximum atomic E-state index is 5.23. The Morgan fingerprint density at radius 2 is 0.768 bits per heavy atom. The summed E-state index contributed by atoms with van der Waals surface area (Å²) in [4.78, 5) is 18.1. The van der Waals surface area contributed by atoms with Crippen LogP contribution >= 0.6 is 0 Å². The van der Waals surface area contributed by atoms with Gasteiger partial charge in [0.05, 0.1) is 0 Å². The van der Waals surface area contributed by atoms with Gasteiger partial charge >= 0.3 is 6.85 Å². The summed E-state index contributed by atoms with van der Waals surface area (Å²) in [5, 5.41) is 2.48. The van der Waals surface area contributed by atoms with Gasteiger partial charge in [-0.3, -0.25) is 0 Å². The number of benzene rings is 12. The Bertz CT molecular complexity index is 4680. The number of para-hydroxylation sites is 1. The van der Waals surface area contributed by atoms with Crippen LogP contribution in [0.2, 0.25) is 0 Å². The predicted molar refractivity (Wildman–Crippen MR) is 342 cm³/mol. The molecule has 12 aromatic carbocycles. The molecule has 0 fully saturated rings. The normalized spacial score (nSPS) is 12.2. The molecule has 2 aromatic heterocycles. The quantitative estimate of drug-likeness (QED) is 0.135. The number of hydrogen-bond acceptors (Lipinski definition) is 4. The van der Waals surface area contributed by atoms with E-state index in [9.17, 15) is 0 Å². The molecule has 16 rings (SSSR count). The summed E-state index contributed by atoms with van der Waals surface area (Å²) < 4.78 is 2.68. The largest absolute Gasteiger partial charge is 0.375 e. The van der Waals surface area contributed by atoms with Crippen molar-refractivity contribution in [1.29, 1.82) is 0 Å². The van der Waals surface area contributed by atoms with Crippen LogP contribution < -0.4 is 15.8 Å². The van der Waals surface area contributed by atoms with Gasteiger partial charge < -0.3 is 9.38 Å². The Morgan fingerprint density at radius 1 is 0.317 bits per heavy atom. The molecule has 0 spiro atoms. The van der Waals surface area contributed by atoms with E-state index >= 15 is 0 Å². The van der Waals surface area contributed by atoms with E-state index in [-0.39, 0.29) is 6.85 Å². The third kappa shape index (κ3) is 7.83. The van der Waals surface area contributed by atoms with Gasteiger partial charge in [-0.1, -0.05) is 224 Å². The van der Waals surface area contributed by atoms with Crippen molar-refractivity contribution in [3.8, 4) is 101 Å². The molecule has 0 N–H and O–H groups in total. The van der Waals surface area contributed by atoms with Gasteiger partial charge in [0.15, 0.2) is 17.5 Å². The van der Waals surface area contributed by atoms with Crippen molar-refractivity contribution >= 4 is 56.6 Å². The third-order valence-corrected chi connectivity index (χ3v) is 16.8. The maximum absolute atomic E-state index is 5.23. The molecule has 0 aliphatic carbocycles. The first-order valence-electron chi connectivity index (χ1n) is 28.1. The van der Waals surface area contributed by atoms with Crippen molar-refractivity contribution in [2.75, 3.05) is 4.90 Å². The number of fused-ring (bicyclic) bond motifs is 7. The lowest BCUT2D eigenvalue weighted by molar-refractivity contribution is 1.07. The summed E-state index contributed by atoms with van der Waals surface area (Å²) in [5.41, 5.74) is 26.4. The standard InChI is InChI=1S/C76H50BN5/c1-49-63(57-35-22-36-58(41-57)76-79-74(54-31-16-6-17-32-54)78-75(80-76)55-33-18-7-19-34-55)48-70-72-71(49)66-47-61(53-29-14-5-15-30-53)46-65-64-45-56(50-23-8-2-9-24-50)39-40-68(64)82(73(65)66)77(72)67-37-20-21-38-69(67)81(70)62-43-59(51-25-10-3-11-26-51)42-60(44-62)52-27-12-4-13-28-52/h2-48H,1H3. The van der Waals surface area contributed by atoms with Crippen molar-refractivity contribution in [2.24, 2.45) is 0 Å². The molecular formula is C76H50BN5. The Kier molecular flexibility index (Phi) is 11.1. The fourth-order valence-electron chi connectivity index (χ4n) is 13.0.